The van der Waals surface area contributed by atoms with Crippen LogP contribution in [0.3, 0.4) is 0 Å². The van der Waals surface area contributed by atoms with Gasteiger partial charge in [0.25, 0.3) is 5.91 Å². The SMILES string of the molecule is CCOC(=O)C1CCN(c2cc(C(F)(F)F)ccc2C2CCN(C(=O)[C@]3(F)CN(C4CC4)C[C@H]3c3ccc(OC)cc3)CC2)CC1. The number of piperidine rings is 2. The predicted octanol–water partition coefficient (Wildman–Crippen LogP) is 6.17. The van der Waals surface area contributed by atoms with Gasteiger partial charge < -0.3 is 19.3 Å². The molecule has 0 bridgehead atoms. The number of ether oxygens (including phenoxy) is 2. The van der Waals surface area contributed by atoms with Crippen molar-refractivity contribution in [3.05, 3.63) is 59.2 Å². The standard InChI is InChI=1S/C35H43F4N3O4/c1-3-46-32(43)25-14-16-40(17-15-25)31-20-26(35(37,38)39)6-11-29(31)23-12-18-41(19-13-23)33(44)34(36)22-42(27-7-8-27)21-30(34)24-4-9-28(45-2)10-5-24/h4-6,9-11,20,23,25,27,30H,3,7-8,12-19,21-22H2,1-2H3/t30-,34-/m0/s1. The van der Waals surface area contributed by atoms with Crippen molar-refractivity contribution in [3.8, 4) is 5.75 Å². The average molecular weight is 646 g/mol. The van der Waals surface area contributed by atoms with Gasteiger partial charge in [-0.15, -0.1) is 0 Å². The zero-order valence-corrected chi connectivity index (χ0v) is 26.5. The van der Waals surface area contributed by atoms with E-state index >= 15 is 4.39 Å². The zero-order chi connectivity index (χ0) is 32.6. The number of esters is 1. The molecule has 2 atom stereocenters. The lowest BCUT2D eigenvalue weighted by atomic mass is 9.83. The number of methoxy groups -OCH3 is 1. The number of hydrogen-bond acceptors (Lipinski definition) is 6. The van der Waals surface area contributed by atoms with Crippen LogP contribution in [-0.4, -0.2) is 86.4 Å². The second-order valence-electron chi connectivity index (χ2n) is 13.2. The normalized spacial score (nSPS) is 25.1. The van der Waals surface area contributed by atoms with E-state index in [-0.39, 0.29) is 24.3 Å². The average Bonchev–Trinajstić information content (AvgIpc) is 3.86. The molecule has 7 nitrogen and oxygen atoms in total. The number of anilines is 1. The van der Waals surface area contributed by atoms with E-state index in [1.54, 1.807) is 37.1 Å². The van der Waals surface area contributed by atoms with E-state index in [0.29, 0.717) is 82.5 Å². The fourth-order valence-electron chi connectivity index (χ4n) is 7.60. The van der Waals surface area contributed by atoms with Crippen molar-refractivity contribution in [2.24, 2.45) is 5.92 Å². The van der Waals surface area contributed by atoms with Gasteiger partial charge in [0.1, 0.15) is 5.75 Å². The molecule has 2 aromatic rings. The number of alkyl halides is 4. The van der Waals surface area contributed by atoms with Crippen molar-refractivity contribution in [1.29, 1.82) is 0 Å². The fourth-order valence-corrected chi connectivity index (χ4v) is 7.60. The summed E-state index contributed by atoms with van der Waals surface area (Å²) in [6, 6.07) is 11.5. The molecule has 1 saturated carbocycles. The lowest BCUT2D eigenvalue weighted by Gasteiger charge is -2.39. The van der Waals surface area contributed by atoms with E-state index in [1.807, 2.05) is 17.0 Å². The number of halogens is 4. The lowest BCUT2D eigenvalue weighted by molar-refractivity contribution is -0.148. The van der Waals surface area contributed by atoms with Gasteiger partial charge in [-0.3, -0.25) is 14.5 Å². The Labute approximate surface area is 267 Å². The Morgan fingerprint density at radius 2 is 1.61 bits per heavy atom. The lowest BCUT2D eigenvalue weighted by Crippen LogP contribution is -2.52. The van der Waals surface area contributed by atoms with Crippen molar-refractivity contribution in [2.45, 2.75) is 75.2 Å². The second-order valence-corrected chi connectivity index (χ2v) is 13.2. The Morgan fingerprint density at radius 1 is 0.935 bits per heavy atom. The molecule has 4 aliphatic rings. The summed E-state index contributed by atoms with van der Waals surface area (Å²) in [6.45, 7) is 4.16. The van der Waals surface area contributed by atoms with Crippen molar-refractivity contribution < 1.29 is 36.6 Å². The highest BCUT2D eigenvalue weighted by molar-refractivity contribution is 5.87. The Balaban J connectivity index is 1.18. The molecule has 2 aromatic carbocycles. The fraction of sp³-hybridized carbons (Fsp3) is 0.600. The van der Waals surface area contributed by atoms with E-state index < -0.39 is 29.2 Å². The number of hydrogen-bond donors (Lipinski definition) is 0. The summed E-state index contributed by atoms with van der Waals surface area (Å²) in [5.41, 5.74) is -0.666. The highest BCUT2D eigenvalue weighted by Crippen LogP contribution is 2.46. The van der Waals surface area contributed by atoms with Gasteiger partial charge in [-0.25, -0.2) is 4.39 Å². The van der Waals surface area contributed by atoms with Crippen LogP contribution in [0.1, 0.15) is 74.0 Å². The van der Waals surface area contributed by atoms with Gasteiger partial charge >= 0.3 is 12.1 Å². The quantitative estimate of drug-likeness (QED) is 0.253. The van der Waals surface area contributed by atoms with Crippen molar-refractivity contribution in [2.75, 3.05) is 57.9 Å². The van der Waals surface area contributed by atoms with Crippen LogP contribution in [0.25, 0.3) is 0 Å². The molecule has 3 heterocycles. The van der Waals surface area contributed by atoms with Crippen molar-refractivity contribution in [1.82, 2.24) is 9.80 Å². The minimum atomic E-state index is -4.49. The molecule has 0 N–H and O–H groups in total. The first kappa shape index (κ1) is 32.6. The molecular weight excluding hydrogens is 602 g/mol. The van der Waals surface area contributed by atoms with Crippen LogP contribution in [0.4, 0.5) is 23.2 Å². The summed E-state index contributed by atoms with van der Waals surface area (Å²) in [4.78, 5) is 31.9. The molecule has 46 heavy (non-hydrogen) atoms. The molecule has 0 unspecified atom stereocenters. The van der Waals surface area contributed by atoms with Crippen LogP contribution in [0.15, 0.2) is 42.5 Å². The van der Waals surface area contributed by atoms with E-state index in [2.05, 4.69) is 4.90 Å². The summed E-state index contributed by atoms with van der Waals surface area (Å²) in [6.07, 6.45) is -0.391. The number of benzene rings is 2. The minimum absolute atomic E-state index is 0.0674. The molecule has 1 aliphatic carbocycles. The molecule has 250 valence electrons. The van der Waals surface area contributed by atoms with Crippen molar-refractivity contribution >= 4 is 17.6 Å². The van der Waals surface area contributed by atoms with Crippen LogP contribution >= 0.6 is 0 Å². The third-order valence-electron chi connectivity index (χ3n) is 10.4. The van der Waals surface area contributed by atoms with Crippen molar-refractivity contribution in [3.63, 3.8) is 0 Å². The first-order valence-electron chi connectivity index (χ1n) is 16.5. The van der Waals surface area contributed by atoms with E-state index in [0.717, 1.165) is 30.0 Å². The maximum absolute atomic E-state index is 17.1. The number of carbonyl (C=O) groups is 2. The van der Waals surface area contributed by atoms with E-state index in [9.17, 15) is 22.8 Å². The molecule has 0 aromatic heterocycles. The van der Waals surface area contributed by atoms with Crippen LogP contribution in [0.5, 0.6) is 5.75 Å². The smallest absolute Gasteiger partial charge is 0.416 e. The Hall–Kier alpha value is -3.34. The molecule has 0 spiro atoms. The van der Waals surface area contributed by atoms with Crippen LogP contribution in [0.2, 0.25) is 0 Å². The van der Waals surface area contributed by atoms with Gasteiger partial charge in [-0.1, -0.05) is 18.2 Å². The Kier molecular flexibility index (Phi) is 9.24. The van der Waals surface area contributed by atoms with Gasteiger partial charge in [-0.2, -0.15) is 13.2 Å². The van der Waals surface area contributed by atoms with Gasteiger partial charge in [0.05, 0.1) is 25.2 Å². The highest BCUT2D eigenvalue weighted by Gasteiger charge is 2.57. The van der Waals surface area contributed by atoms with Gasteiger partial charge in [-0.05, 0) is 86.8 Å². The maximum atomic E-state index is 17.1. The summed E-state index contributed by atoms with van der Waals surface area (Å²) >= 11 is 0. The molecule has 3 aliphatic heterocycles. The second kappa shape index (κ2) is 13.0. The van der Waals surface area contributed by atoms with Gasteiger partial charge in [0, 0.05) is 56.9 Å². The predicted molar refractivity (Wildman–Crippen MR) is 166 cm³/mol. The minimum Gasteiger partial charge on any atom is -0.497 e. The molecule has 3 saturated heterocycles. The zero-order valence-electron chi connectivity index (χ0n) is 26.5. The monoisotopic (exact) mass is 645 g/mol. The molecule has 11 heteroatoms. The molecule has 6 rings (SSSR count). The Bertz CT molecular complexity index is 1400. The maximum Gasteiger partial charge on any atom is 0.416 e. The van der Waals surface area contributed by atoms with Crippen LogP contribution in [-0.2, 0) is 20.5 Å². The molecule has 1 amide bonds. The molecule has 0 radical (unpaired) electrons. The van der Waals surface area contributed by atoms with Crippen LogP contribution in [0, 0.1) is 5.92 Å². The summed E-state index contributed by atoms with van der Waals surface area (Å²) in [7, 11) is 1.58. The third-order valence-corrected chi connectivity index (χ3v) is 10.4. The largest absolute Gasteiger partial charge is 0.497 e. The Morgan fingerprint density at radius 3 is 2.20 bits per heavy atom. The molecule has 4 fully saturated rings. The van der Waals surface area contributed by atoms with Gasteiger partial charge in [0.15, 0.2) is 0 Å². The summed E-state index contributed by atoms with van der Waals surface area (Å²) in [5.74, 6) is -1.02. The van der Waals surface area contributed by atoms with Gasteiger partial charge in [0.2, 0.25) is 5.67 Å². The first-order valence-corrected chi connectivity index (χ1v) is 16.5. The highest BCUT2D eigenvalue weighted by atomic mass is 19.4. The number of likely N-dealkylation sites (tertiary alicyclic amines) is 2. The number of amides is 1. The topological polar surface area (TPSA) is 62.3 Å². The first-order chi connectivity index (χ1) is 22.0. The van der Waals surface area contributed by atoms with E-state index in [4.69, 9.17) is 9.47 Å². The summed E-state index contributed by atoms with van der Waals surface area (Å²) < 4.78 is 68.9. The third kappa shape index (κ3) is 6.57. The van der Waals surface area contributed by atoms with E-state index in [1.165, 1.54) is 6.07 Å². The van der Waals surface area contributed by atoms with Crippen LogP contribution < -0.4 is 9.64 Å². The number of rotatable bonds is 8. The summed E-state index contributed by atoms with van der Waals surface area (Å²) in [5, 5.41) is 0. The number of carbonyl (C=O) groups excluding carboxylic acids is 2. The number of nitrogens with zero attached hydrogens (tertiary/aromatic N) is 3. The molecular formula is C35H43F4N3O4.